The molecule has 0 spiro atoms. The summed E-state index contributed by atoms with van der Waals surface area (Å²) in [5.74, 6) is -1.04. The largest absolute Gasteiger partial charge is 0.468 e. The van der Waals surface area contributed by atoms with Gasteiger partial charge >= 0.3 is 11.9 Å². The fourth-order valence-corrected chi connectivity index (χ4v) is 4.46. The van der Waals surface area contributed by atoms with Gasteiger partial charge < -0.3 is 13.9 Å². The van der Waals surface area contributed by atoms with Crippen molar-refractivity contribution < 1.29 is 23.5 Å². The van der Waals surface area contributed by atoms with Gasteiger partial charge in [0.1, 0.15) is 0 Å². The molecule has 1 saturated heterocycles. The van der Waals surface area contributed by atoms with E-state index in [2.05, 4.69) is 33.9 Å². The number of fused-ring (bicyclic) bond motifs is 1. The highest BCUT2D eigenvalue weighted by Crippen LogP contribution is 2.52. The van der Waals surface area contributed by atoms with E-state index in [1.165, 1.54) is 7.11 Å². The van der Waals surface area contributed by atoms with Gasteiger partial charge in [0.25, 0.3) is 0 Å². The Bertz CT molecular complexity index is 453. The molecule has 6 heteroatoms. The molecular weight excluding hydrogens is 288 g/mol. The highest BCUT2D eigenvalue weighted by Gasteiger charge is 2.64. The first-order chi connectivity index (χ1) is 9.54. The summed E-state index contributed by atoms with van der Waals surface area (Å²) in [4.78, 5) is 24.3. The zero-order chi connectivity index (χ0) is 16.1. The van der Waals surface area contributed by atoms with E-state index in [0.717, 1.165) is 0 Å². The van der Waals surface area contributed by atoms with Gasteiger partial charge in [0.05, 0.1) is 13.7 Å². The average Bonchev–Trinajstić information content (AvgIpc) is 2.85. The molecule has 21 heavy (non-hydrogen) atoms. The molecule has 1 aliphatic carbocycles. The van der Waals surface area contributed by atoms with Crippen LogP contribution in [0.4, 0.5) is 0 Å². The summed E-state index contributed by atoms with van der Waals surface area (Å²) in [6, 6.07) is 0. The molecule has 2 aliphatic rings. The SMILES string of the molecule is COC(=O)[C@]12C[C@@H](O[Si](C)(C)C(C)(C)C)C[C@H]1COC2=O. The molecule has 0 unspecified atom stereocenters. The first-order valence-electron chi connectivity index (χ1n) is 7.48. The number of hydrogen-bond donors (Lipinski definition) is 0. The molecule has 0 bridgehead atoms. The van der Waals surface area contributed by atoms with Gasteiger partial charge in [0.15, 0.2) is 13.7 Å². The van der Waals surface area contributed by atoms with Crippen molar-refractivity contribution >= 4 is 20.3 Å². The Morgan fingerprint density at radius 1 is 1.38 bits per heavy atom. The molecule has 5 nitrogen and oxygen atoms in total. The molecule has 3 atom stereocenters. The normalized spacial score (nSPS) is 32.8. The van der Waals surface area contributed by atoms with Gasteiger partial charge in [-0.25, -0.2) is 0 Å². The maximum Gasteiger partial charge on any atom is 0.324 e. The van der Waals surface area contributed by atoms with Gasteiger partial charge in [-0.3, -0.25) is 9.59 Å². The van der Waals surface area contributed by atoms with E-state index in [4.69, 9.17) is 13.9 Å². The van der Waals surface area contributed by atoms with Gasteiger partial charge in [0, 0.05) is 12.0 Å². The molecule has 0 radical (unpaired) electrons. The lowest BCUT2D eigenvalue weighted by molar-refractivity contribution is -0.164. The molecule has 1 saturated carbocycles. The highest BCUT2D eigenvalue weighted by molar-refractivity contribution is 6.74. The quantitative estimate of drug-likeness (QED) is 0.455. The van der Waals surface area contributed by atoms with Crippen molar-refractivity contribution in [2.45, 2.75) is 57.8 Å². The molecule has 0 aromatic rings. The zero-order valence-electron chi connectivity index (χ0n) is 13.8. The molecule has 0 aromatic heterocycles. The monoisotopic (exact) mass is 314 g/mol. The van der Waals surface area contributed by atoms with Crippen LogP contribution in [0.2, 0.25) is 18.1 Å². The van der Waals surface area contributed by atoms with Crippen LogP contribution in [-0.4, -0.2) is 40.1 Å². The zero-order valence-corrected chi connectivity index (χ0v) is 14.8. The number of carbonyl (C=O) groups excluding carboxylic acids is 2. The van der Waals surface area contributed by atoms with E-state index in [0.29, 0.717) is 19.4 Å². The van der Waals surface area contributed by atoms with E-state index >= 15 is 0 Å². The maximum atomic E-state index is 12.2. The number of carbonyl (C=O) groups is 2. The van der Waals surface area contributed by atoms with E-state index in [-0.39, 0.29) is 17.1 Å². The lowest BCUT2D eigenvalue weighted by Gasteiger charge is -2.38. The predicted octanol–water partition coefficient (Wildman–Crippen LogP) is 2.50. The Hall–Kier alpha value is -0.883. The second kappa shape index (κ2) is 5.09. The van der Waals surface area contributed by atoms with Crippen LogP contribution in [0.5, 0.6) is 0 Å². The van der Waals surface area contributed by atoms with Crippen LogP contribution in [-0.2, 0) is 23.5 Å². The Morgan fingerprint density at radius 3 is 2.52 bits per heavy atom. The maximum absolute atomic E-state index is 12.2. The summed E-state index contributed by atoms with van der Waals surface area (Å²) < 4.78 is 16.4. The molecule has 2 rings (SSSR count). The van der Waals surface area contributed by atoms with E-state index < -0.39 is 25.7 Å². The molecule has 0 N–H and O–H groups in total. The van der Waals surface area contributed by atoms with Gasteiger partial charge in [-0.1, -0.05) is 20.8 Å². The first kappa shape index (κ1) is 16.5. The van der Waals surface area contributed by atoms with Crippen molar-refractivity contribution in [3.63, 3.8) is 0 Å². The summed E-state index contributed by atoms with van der Waals surface area (Å²) in [5, 5.41) is 0.101. The molecule has 1 aliphatic heterocycles. The standard InChI is InChI=1S/C15H26O5Si/c1-14(2,3)21(5,6)20-11-7-10-9-19-13(17)15(10,8-11)12(16)18-4/h10-11H,7-9H2,1-6H3/t10-,11-,15-/m0/s1. The predicted molar refractivity (Wildman–Crippen MR) is 80.2 cm³/mol. The number of cyclic esters (lactones) is 1. The van der Waals surface area contributed by atoms with Crippen LogP contribution in [0.15, 0.2) is 0 Å². The second-order valence-electron chi connectivity index (χ2n) is 7.70. The van der Waals surface area contributed by atoms with Crippen LogP contribution < -0.4 is 0 Å². The number of rotatable bonds is 3. The number of hydrogen-bond acceptors (Lipinski definition) is 5. The van der Waals surface area contributed by atoms with Crippen molar-refractivity contribution in [1.29, 1.82) is 0 Å². The van der Waals surface area contributed by atoms with Crippen molar-refractivity contribution in [1.82, 2.24) is 0 Å². The highest BCUT2D eigenvalue weighted by atomic mass is 28.4. The Labute approximate surface area is 127 Å². The molecule has 0 amide bonds. The van der Waals surface area contributed by atoms with E-state index in [9.17, 15) is 9.59 Å². The van der Waals surface area contributed by atoms with E-state index in [1.54, 1.807) is 0 Å². The number of ether oxygens (including phenoxy) is 2. The van der Waals surface area contributed by atoms with Crippen LogP contribution in [0.1, 0.15) is 33.6 Å². The van der Waals surface area contributed by atoms with Crippen molar-refractivity contribution in [2.75, 3.05) is 13.7 Å². The van der Waals surface area contributed by atoms with Gasteiger partial charge in [-0.05, 0) is 31.0 Å². The topological polar surface area (TPSA) is 61.8 Å². The third-order valence-electron chi connectivity index (χ3n) is 5.39. The van der Waals surface area contributed by atoms with Gasteiger partial charge in [0.2, 0.25) is 0 Å². The lowest BCUT2D eigenvalue weighted by atomic mass is 9.80. The van der Waals surface area contributed by atoms with Crippen LogP contribution >= 0.6 is 0 Å². The molecule has 0 aromatic carbocycles. The Kier molecular flexibility index (Phi) is 3.99. The first-order valence-corrected chi connectivity index (χ1v) is 10.4. The van der Waals surface area contributed by atoms with Crippen LogP contribution in [0.3, 0.4) is 0 Å². The minimum Gasteiger partial charge on any atom is -0.468 e. The van der Waals surface area contributed by atoms with Crippen LogP contribution in [0.25, 0.3) is 0 Å². The molecule has 1 heterocycles. The van der Waals surface area contributed by atoms with Crippen molar-refractivity contribution in [2.24, 2.45) is 11.3 Å². The lowest BCUT2D eigenvalue weighted by Crippen LogP contribution is -2.44. The summed E-state index contributed by atoms with van der Waals surface area (Å²) in [6.45, 7) is 11.2. The van der Waals surface area contributed by atoms with Crippen molar-refractivity contribution in [3.05, 3.63) is 0 Å². The fourth-order valence-electron chi connectivity index (χ4n) is 3.09. The minimum absolute atomic E-state index is 0.0668. The Balaban J connectivity index is 2.19. The van der Waals surface area contributed by atoms with Crippen molar-refractivity contribution in [3.8, 4) is 0 Å². The van der Waals surface area contributed by atoms with Gasteiger partial charge in [-0.2, -0.15) is 0 Å². The summed E-state index contributed by atoms with van der Waals surface area (Å²) >= 11 is 0. The average molecular weight is 314 g/mol. The minimum atomic E-state index is -1.92. The second-order valence-corrected chi connectivity index (χ2v) is 12.5. The Morgan fingerprint density at radius 2 is 2.00 bits per heavy atom. The smallest absolute Gasteiger partial charge is 0.324 e. The summed E-state index contributed by atoms with van der Waals surface area (Å²) in [5.41, 5.74) is -1.14. The van der Waals surface area contributed by atoms with Gasteiger partial charge in [-0.15, -0.1) is 0 Å². The third-order valence-corrected chi connectivity index (χ3v) is 9.93. The number of methoxy groups -OCH3 is 1. The molecular formula is C15H26O5Si. The van der Waals surface area contributed by atoms with E-state index in [1.807, 2.05) is 0 Å². The third kappa shape index (κ3) is 2.52. The summed E-state index contributed by atoms with van der Waals surface area (Å²) in [6.07, 6.45) is 1.01. The van der Waals surface area contributed by atoms with Crippen LogP contribution in [0, 0.1) is 11.3 Å². The number of esters is 2. The molecule has 120 valence electrons. The molecule has 2 fully saturated rings. The summed E-state index contributed by atoms with van der Waals surface area (Å²) in [7, 11) is -0.601. The fraction of sp³-hybridized carbons (Fsp3) is 0.867.